The SMILES string of the molecule is COC(=O)c1cccn1-c1ccc(Cl)cc1Cl. The molecule has 0 aliphatic carbocycles. The van der Waals surface area contributed by atoms with Gasteiger partial charge in [-0.2, -0.15) is 0 Å². The summed E-state index contributed by atoms with van der Waals surface area (Å²) in [5.74, 6) is -0.416. The average molecular weight is 270 g/mol. The maximum Gasteiger partial charge on any atom is 0.355 e. The highest BCUT2D eigenvalue weighted by Gasteiger charge is 2.13. The molecule has 0 aliphatic rings. The Morgan fingerprint density at radius 1 is 1.29 bits per heavy atom. The number of rotatable bonds is 2. The molecule has 88 valence electrons. The van der Waals surface area contributed by atoms with E-state index in [0.717, 1.165) is 0 Å². The molecule has 3 nitrogen and oxygen atoms in total. The van der Waals surface area contributed by atoms with Crippen molar-refractivity contribution in [3.63, 3.8) is 0 Å². The van der Waals surface area contributed by atoms with Gasteiger partial charge < -0.3 is 9.30 Å². The minimum atomic E-state index is -0.416. The molecular weight excluding hydrogens is 261 g/mol. The molecule has 0 N–H and O–H groups in total. The summed E-state index contributed by atoms with van der Waals surface area (Å²) < 4.78 is 6.35. The van der Waals surface area contributed by atoms with Crippen LogP contribution in [0.4, 0.5) is 0 Å². The molecule has 0 unspecified atom stereocenters. The topological polar surface area (TPSA) is 31.2 Å². The molecule has 0 saturated heterocycles. The molecule has 1 aromatic carbocycles. The summed E-state index contributed by atoms with van der Waals surface area (Å²) >= 11 is 11.9. The van der Waals surface area contributed by atoms with Gasteiger partial charge in [-0.15, -0.1) is 0 Å². The number of nitrogens with zero attached hydrogens (tertiary/aromatic N) is 1. The Kier molecular flexibility index (Phi) is 3.41. The number of benzene rings is 1. The van der Waals surface area contributed by atoms with Crippen molar-refractivity contribution in [2.24, 2.45) is 0 Å². The second-order valence-corrected chi connectivity index (χ2v) is 4.19. The molecule has 0 fully saturated rings. The van der Waals surface area contributed by atoms with Crippen LogP contribution < -0.4 is 0 Å². The molecule has 0 aliphatic heterocycles. The average Bonchev–Trinajstić information content (AvgIpc) is 2.77. The van der Waals surface area contributed by atoms with Gasteiger partial charge in [-0.05, 0) is 30.3 Å². The van der Waals surface area contributed by atoms with E-state index in [1.165, 1.54) is 7.11 Å². The number of methoxy groups -OCH3 is 1. The van der Waals surface area contributed by atoms with Crippen LogP contribution in [-0.4, -0.2) is 17.6 Å². The van der Waals surface area contributed by atoms with E-state index in [-0.39, 0.29) is 0 Å². The summed E-state index contributed by atoms with van der Waals surface area (Å²) in [7, 11) is 1.34. The minimum Gasteiger partial charge on any atom is -0.464 e. The second kappa shape index (κ2) is 4.82. The third-order valence-corrected chi connectivity index (χ3v) is 2.85. The Balaban J connectivity index is 2.53. The van der Waals surface area contributed by atoms with E-state index in [4.69, 9.17) is 27.9 Å². The Labute approximate surface area is 109 Å². The van der Waals surface area contributed by atoms with Gasteiger partial charge in [0.1, 0.15) is 5.69 Å². The molecule has 0 bridgehead atoms. The van der Waals surface area contributed by atoms with Crippen molar-refractivity contribution in [3.8, 4) is 5.69 Å². The number of hydrogen-bond acceptors (Lipinski definition) is 2. The van der Waals surface area contributed by atoms with Gasteiger partial charge in [0.05, 0.1) is 17.8 Å². The summed E-state index contributed by atoms with van der Waals surface area (Å²) in [6, 6.07) is 8.49. The van der Waals surface area contributed by atoms with E-state index >= 15 is 0 Å². The molecular formula is C12H9Cl2NO2. The van der Waals surface area contributed by atoms with Gasteiger partial charge in [-0.1, -0.05) is 23.2 Å². The van der Waals surface area contributed by atoms with Crippen LogP contribution in [0.25, 0.3) is 5.69 Å². The van der Waals surface area contributed by atoms with Crippen LogP contribution in [0.5, 0.6) is 0 Å². The lowest BCUT2D eigenvalue weighted by molar-refractivity contribution is 0.0591. The zero-order chi connectivity index (χ0) is 12.4. The van der Waals surface area contributed by atoms with E-state index in [1.54, 1.807) is 41.1 Å². The molecule has 5 heteroatoms. The monoisotopic (exact) mass is 269 g/mol. The quantitative estimate of drug-likeness (QED) is 0.781. The molecule has 0 amide bonds. The Morgan fingerprint density at radius 3 is 2.71 bits per heavy atom. The summed E-state index contributed by atoms with van der Waals surface area (Å²) in [6.45, 7) is 0. The Hall–Kier alpha value is -1.45. The third kappa shape index (κ3) is 2.30. The van der Waals surface area contributed by atoms with Crippen LogP contribution in [0.1, 0.15) is 10.5 Å². The lowest BCUT2D eigenvalue weighted by atomic mass is 10.3. The second-order valence-electron chi connectivity index (χ2n) is 3.35. The van der Waals surface area contributed by atoms with Gasteiger partial charge in [0, 0.05) is 11.2 Å². The van der Waals surface area contributed by atoms with Crippen molar-refractivity contribution in [1.82, 2.24) is 4.57 Å². The summed E-state index contributed by atoms with van der Waals surface area (Å²) in [5, 5.41) is 1.02. The van der Waals surface area contributed by atoms with Crippen LogP contribution in [-0.2, 0) is 4.74 Å². The predicted molar refractivity (Wildman–Crippen MR) is 67.1 cm³/mol. The Bertz CT molecular complexity index is 563. The first-order valence-electron chi connectivity index (χ1n) is 4.84. The van der Waals surface area contributed by atoms with Gasteiger partial charge in [0.15, 0.2) is 0 Å². The molecule has 2 aromatic rings. The first kappa shape index (κ1) is 12.0. The number of carbonyl (C=O) groups is 1. The van der Waals surface area contributed by atoms with Gasteiger partial charge in [-0.25, -0.2) is 4.79 Å². The number of hydrogen-bond donors (Lipinski definition) is 0. The first-order chi connectivity index (χ1) is 8.13. The minimum absolute atomic E-state index is 0.414. The lowest BCUT2D eigenvalue weighted by Crippen LogP contribution is -2.08. The van der Waals surface area contributed by atoms with Gasteiger partial charge in [0.25, 0.3) is 0 Å². The fourth-order valence-electron chi connectivity index (χ4n) is 1.54. The molecule has 17 heavy (non-hydrogen) atoms. The molecule has 1 aromatic heterocycles. The van der Waals surface area contributed by atoms with Crippen LogP contribution in [0.3, 0.4) is 0 Å². The van der Waals surface area contributed by atoms with E-state index in [9.17, 15) is 4.79 Å². The highest BCUT2D eigenvalue weighted by atomic mass is 35.5. The van der Waals surface area contributed by atoms with E-state index < -0.39 is 5.97 Å². The normalized spacial score (nSPS) is 10.3. The molecule has 0 saturated carbocycles. The number of esters is 1. The number of halogens is 2. The zero-order valence-corrected chi connectivity index (χ0v) is 10.5. The summed E-state index contributed by atoms with van der Waals surface area (Å²) in [5.41, 5.74) is 1.10. The highest BCUT2D eigenvalue weighted by Crippen LogP contribution is 2.25. The maximum absolute atomic E-state index is 11.5. The van der Waals surface area contributed by atoms with Crippen molar-refractivity contribution in [1.29, 1.82) is 0 Å². The van der Waals surface area contributed by atoms with Crippen molar-refractivity contribution >= 4 is 29.2 Å². The van der Waals surface area contributed by atoms with Crippen molar-refractivity contribution in [2.45, 2.75) is 0 Å². The predicted octanol–water partition coefficient (Wildman–Crippen LogP) is 3.57. The van der Waals surface area contributed by atoms with Crippen LogP contribution >= 0.6 is 23.2 Å². The Morgan fingerprint density at radius 2 is 2.06 bits per heavy atom. The third-order valence-electron chi connectivity index (χ3n) is 2.31. The lowest BCUT2D eigenvalue weighted by Gasteiger charge is -2.09. The molecule has 0 spiro atoms. The fraction of sp³-hybridized carbons (Fsp3) is 0.0833. The van der Waals surface area contributed by atoms with Crippen molar-refractivity contribution < 1.29 is 9.53 Å². The van der Waals surface area contributed by atoms with E-state index in [2.05, 4.69) is 0 Å². The number of carbonyl (C=O) groups excluding carboxylic acids is 1. The summed E-state index contributed by atoms with van der Waals surface area (Å²) in [6.07, 6.45) is 1.74. The van der Waals surface area contributed by atoms with E-state index in [0.29, 0.717) is 21.4 Å². The fourth-order valence-corrected chi connectivity index (χ4v) is 2.04. The van der Waals surface area contributed by atoms with Crippen molar-refractivity contribution in [2.75, 3.05) is 7.11 Å². The first-order valence-corrected chi connectivity index (χ1v) is 5.60. The maximum atomic E-state index is 11.5. The van der Waals surface area contributed by atoms with E-state index in [1.807, 2.05) is 0 Å². The number of aromatic nitrogens is 1. The van der Waals surface area contributed by atoms with Crippen LogP contribution in [0.15, 0.2) is 36.5 Å². The van der Waals surface area contributed by atoms with Crippen LogP contribution in [0.2, 0.25) is 10.0 Å². The van der Waals surface area contributed by atoms with Crippen molar-refractivity contribution in [3.05, 3.63) is 52.3 Å². The largest absolute Gasteiger partial charge is 0.464 e. The molecule has 0 atom stereocenters. The van der Waals surface area contributed by atoms with Gasteiger partial charge in [-0.3, -0.25) is 0 Å². The van der Waals surface area contributed by atoms with Gasteiger partial charge >= 0.3 is 5.97 Å². The smallest absolute Gasteiger partial charge is 0.355 e. The summed E-state index contributed by atoms with van der Waals surface area (Å²) in [4.78, 5) is 11.5. The molecule has 0 radical (unpaired) electrons. The number of ether oxygens (including phenoxy) is 1. The van der Waals surface area contributed by atoms with Gasteiger partial charge in [0.2, 0.25) is 0 Å². The highest BCUT2D eigenvalue weighted by molar-refractivity contribution is 6.35. The zero-order valence-electron chi connectivity index (χ0n) is 8.98. The van der Waals surface area contributed by atoms with Crippen LogP contribution in [0, 0.1) is 0 Å². The molecule has 1 heterocycles. The standard InChI is InChI=1S/C12H9Cl2NO2/c1-17-12(16)11-3-2-6-15(11)10-5-4-8(13)7-9(10)14/h2-7H,1H3. The molecule has 2 rings (SSSR count).